The van der Waals surface area contributed by atoms with E-state index >= 15 is 0 Å². The van der Waals surface area contributed by atoms with Crippen LogP contribution >= 0.6 is 37.2 Å². The molecule has 1 N–H and O–H groups in total. The average Bonchev–Trinajstić information content (AvgIpc) is 3.19. The highest BCUT2D eigenvalue weighted by atomic mass is 35.5. The molecule has 3 heterocycles. The molecule has 1 atom stereocenters. The third kappa shape index (κ3) is 5.09. The maximum Gasteiger partial charge on any atom is 0.416 e. The van der Waals surface area contributed by atoms with E-state index in [1.165, 1.54) is 12.1 Å². The minimum Gasteiger partial charge on any atom is -0.315 e. The first-order valence-corrected chi connectivity index (χ1v) is 10.1. The molecule has 2 aliphatic rings. The fourth-order valence-electron chi connectivity index (χ4n) is 4.51. The Hall–Kier alpha value is -2.46. The number of alkyl halides is 3. The third-order valence-electron chi connectivity index (χ3n) is 6.13. The van der Waals surface area contributed by atoms with Crippen molar-refractivity contribution in [3.63, 3.8) is 0 Å². The summed E-state index contributed by atoms with van der Waals surface area (Å²) in [5, 5.41) is 7.63. The fraction of sp³-hybridized carbons (Fsp3) is 0.261. The van der Waals surface area contributed by atoms with E-state index in [9.17, 15) is 22.4 Å². The summed E-state index contributed by atoms with van der Waals surface area (Å²) in [6.07, 6.45) is 0.858. The van der Waals surface area contributed by atoms with Crippen molar-refractivity contribution >= 4 is 49.1 Å². The zero-order valence-corrected chi connectivity index (χ0v) is 20.5. The Morgan fingerprint density at radius 1 is 1.09 bits per heavy atom. The smallest absolute Gasteiger partial charge is 0.315 e. The maximum atomic E-state index is 13.6. The van der Waals surface area contributed by atoms with E-state index in [0.29, 0.717) is 31.6 Å². The molecule has 0 radical (unpaired) electrons. The van der Waals surface area contributed by atoms with Gasteiger partial charge >= 0.3 is 6.18 Å². The Bertz CT molecular complexity index is 1240. The summed E-state index contributed by atoms with van der Waals surface area (Å²) < 4.78 is 54.6. The van der Waals surface area contributed by atoms with Crippen LogP contribution in [0, 0.1) is 11.2 Å². The number of ketones is 1. The average molecular weight is 552 g/mol. The molecule has 1 aliphatic carbocycles. The molecule has 1 aliphatic heterocycles. The summed E-state index contributed by atoms with van der Waals surface area (Å²) in [6.45, 7) is 0.952. The highest BCUT2D eigenvalue weighted by Crippen LogP contribution is 2.44. The van der Waals surface area contributed by atoms with Gasteiger partial charge in [-0.25, -0.2) is 9.07 Å². The van der Waals surface area contributed by atoms with E-state index < -0.39 is 22.9 Å². The maximum absolute atomic E-state index is 13.6. The number of fused-ring (bicyclic) bond motifs is 2. The molecule has 0 spiro atoms. The van der Waals surface area contributed by atoms with Crippen LogP contribution in [0.5, 0.6) is 0 Å². The highest BCUT2D eigenvalue weighted by molar-refractivity contribution is 6.03. The van der Waals surface area contributed by atoms with E-state index in [4.69, 9.17) is 0 Å². The van der Waals surface area contributed by atoms with Crippen LogP contribution in [0.15, 0.2) is 54.4 Å². The second-order valence-corrected chi connectivity index (χ2v) is 8.06. The summed E-state index contributed by atoms with van der Waals surface area (Å²) in [7, 11) is 0. The van der Waals surface area contributed by atoms with Gasteiger partial charge in [0.05, 0.1) is 28.6 Å². The molecule has 0 saturated carbocycles. The highest BCUT2D eigenvalue weighted by Gasteiger charge is 2.47. The van der Waals surface area contributed by atoms with Gasteiger partial charge in [0.15, 0.2) is 5.78 Å². The van der Waals surface area contributed by atoms with Crippen LogP contribution < -0.4 is 5.32 Å². The predicted octanol–water partition coefficient (Wildman–Crippen LogP) is 5.49. The number of nitrogens with zero attached hydrogens (tertiary/aromatic N) is 3. The van der Waals surface area contributed by atoms with Crippen molar-refractivity contribution < 1.29 is 22.4 Å². The number of hydrogen-bond donors (Lipinski definition) is 1. The van der Waals surface area contributed by atoms with Gasteiger partial charge in [-0.3, -0.25) is 9.78 Å². The number of pyridine rings is 1. The molecule has 188 valence electrons. The monoisotopic (exact) mass is 550 g/mol. The Kier molecular flexibility index (Phi) is 8.76. The second-order valence-electron chi connectivity index (χ2n) is 8.06. The van der Waals surface area contributed by atoms with E-state index in [2.05, 4.69) is 15.4 Å². The van der Waals surface area contributed by atoms with Gasteiger partial charge in [0.1, 0.15) is 11.5 Å². The van der Waals surface area contributed by atoms with Crippen LogP contribution in [0.25, 0.3) is 11.8 Å². The molecule has 3 aromatic rings. The van der Waals surface area contributed by atoms with Gasteiger partial charge in [-0.1, -0.05) is 5.57 Å². The molecular formula is C23H21Cl3F4N4O. The Morgan fingerprint density at radius 2 is 1.80 bits per heavy atom. The van der Waals surface area contributed by atoms with Gasteiger partial charge in [0.2, 0.25) is 0 Å². The SMILES string of the molecule is Cl.Cl.Cl.O=C(c1cc(C(F)(F)F)ccn1)[C@@]12CNCCC1=Cc1c(cnn1-c1ccc(F)cc1)C2. The molecule has 35 heavy (non-hydrogen) atoms. The molecule has 1 saturated heterocycles. The molecule has 12 heteroatoms. The van der Waals surface area contributed by atoms with Crippen molar-refractivity contribution in [3.05, 3.63) is 82.7 Å². The van der Waals surface area contributed by atoms with Crippen molar-refractivity contribution in [2.45, 2.75) is 19.0 Å². The van der Waals surface area contributed by atoms with Gasteiger partial charge in [-0.05, 0) is 67.4 Å². The number of nitrogens with one attached hydrogen (secondary N) is 1. The lowest BCUT2D eigenvalue weighted by Crippen LogP contribution is -2.50. The zero-order chi connectivity index (χ0) is 22.5. The van der Waals surface area contributed by atoms with Crippen molar-refractivity contribution in [3.8, 4) is 5.69 Å². The lowest BCUT2D eigenvalue weighted by atomic mass is 9.65. The molecule has 1 fully saturated rings. The van der Waals surface area contributed by atoms with Gasteiger partial charge in [0.25, 0.3) is 0 Å². The number of halogens is 7. The normalized spacial score (nSPS) is 18.6. The van der Waals surface area contributed by atoms with Crippen molar-refractivity contribution in [1.29, 1.82) is 0 Å². The van der Waals surface area contributed by atoms with Gasteiger partial charge < -0.3 is 5.32 Å². The Morgan fingerprint density at radius 3 is 2.49 bits per heavy atom. The Labute approximate surface area is 217 Å². The molecule has 2 aromatic heterocycles. The first kappa shape index (κ1) is 28.8. The number of aromatic nitrogens is 3. The summed E-state index contributed by atoms with van der Waals surface area (Å²) in [5.41, 5.74) is 0.953. The first-order valence-electron chi connectivity index (χ1n) is 10.1. The standard InChI is InChI=1S/C23H18F4N4O.3ClH/c24-17-1-3-18(4-2-17)31-20-10-15-5-7-28-13-22(15,11-14(20)12-30-31)21(32)19-9-16(6-8-29-19)23(25,26)27;;;/h1-4,6,8-10,12,28H,5,7,11,13H2;3*1H/t22-;;;/m0.../s1. The molecule has 1 aromatic carbocycles. The number of Topliss-reactive ketones (excluding diaryl/α,β-unsaturated/α-hetero) is 1. The number of rotatable bonds is 3. The number of piperidine rings is 1. The third-order valence-corrected chi connectivity index (χ3v) is 6.13. The number of benzene rings is 1. The Balaban J connectivity index is 0.00000144. The van der Waals surface area contributed by atoms with E-state index in [1.807, 2.05) is 6.08 Å². The van der Waals surface area contributed by atoms with Gasteiger partial charge in [-0.15, -0.1) is 37.2 Å². The molecule has 0 unspecified atom stereocenters. The van der Waals surface area contributed by atoms with Gasteiger partial charge in [-0.2, -0.15) is 18.3 Å². The first-order chi connectivity index (χ1) is 15.3. The summed E-state index contributed by atoms with van der Waals surface area (Å²) in [5.74, 6) is -0.799. The van der Waals surface area contributed by atoms with E-state index in [-0.39, 0.29) is 48.7 Å². The molecule has 5 rings (SSSR count). The van der Waals surface area contributed by atoms with Crippen molar-refractivity contribution in [2.24, 2.45) is 5.41 Å². The van der Waals surface area contributed by atoms with E-state index in [0.717, 1.165) is 35.2 Å². The van der Waals surface area contributed by atoms with Crippen LogP contribution in [0.1, 0.15) is 33.7 Å². The number of carbonyl (C=O) groups is 1. The van der Waals surface area contributed by atoms with Gasteiger partial charge in [0, 0.05) is 12.7 Å². The van der Waals surface area contributed by atoms with Crippen LogP contribution in [0.3, 0.4) is 0 Å². The quantitative estimate of drug-likeness (QED) is 0.345. The molecular weight excluding hydrogens is 531 g/mol. The van der Waals surface area contributed by atoms with Crippen LogP contribution in [-0.2, 0) is 12.6 Å². The predicted molar refractivity (Wildman–Crippen MR) is 130 cm³/mol. The molecule has 0 bridgehead atoms. The summed E-state index contributed by atoms with van der Waals surface area (Å²) in [6, 6.07) is 7.59. The summed E-state index contributed by atoms with van der Waals surface area (Å²) in [4.78, 5) is 17.5. The lowest BCUT2D eigenvalue weighted by molar-refractivity contribution is -0.137. The van der Waals surface area contributed by atoms with Crippen molar-refractivity contribution in [2.75, 3.05) is 13.1 Å². The lowest BCUT2D eigenvalue weighted by Gasteiger charge is -2.41. The topological polar surface area (TPSA) is 59.8 Å². The summed E-state index contributed by atoms with van der Waals surface area (Å²) >= 11 is 0. The minimum absolute atomic E-state index is 0. The fourth-order valence-corrected chi connectivity index (χ4v) is 4.51. The second kappa shape index (κ2) is 10.7. The minimum atomic E-state index is -4.56. The zero-order valence-electron chi connectivity index (χ0n) is 18.0. The van der Waals surface area contributed by atoms with Crippen molar-refractivity contribution in [1.82, 2.24) is 20.1 Å². The molecule has 5 nitrogen and oxygen atoms in total. The largest absolute Gasteiger partial charge is 0.416 e. The number of carbonyl (C=O) groups excluding carboxylic acids is 1. The van der Waals surface area contributed by atoms with Crippen LogP contribution in [0.2, 0.25) is 0 Å². The number of hydrogen-bond acceptors (Lipinski definition) is 4. The molecule has 0 amide bonds. The van der Waals surface area contributed by atoms with Crippen LogP contribution in [0.4, 0.5) is 17.6 Å². The van der Waals surface area contributed by atoms with Crippen LogP contribution in [-0.4, -0.2) is 33.6 Å². The van der Waals surface area contributed by atoms with E-state index in [1.54, 1.807) is 23.0 Å².